The molecule has 0 aromatic carbocycles. The minimum Gasteiger partial charge on any atom is -0.460 e. The third kappa shape index (κ3) is 9.04. The van der Waals surface area contributed by atoms with E-state index < -0.39 is 0 Å². The van der Waals surface area contributed by atoms with Crippen LogP contribution in [0.25, 0.3) is 0 Å². The molecule has 0 fully saturated rings. The van der Waals surface area contributed by atoms with Gasteiger partial charge in [-0.05, 0) is 39.5 Å². The van der Waals surface area contributed by atoms with Crippen molar-refractivity contribution in [2.24, 2.45) is 0 Å². The van der Waals surface area contributed by atoms with Crippen LogP contribution < -0.4 is 0 Å². The minimum absolute atomic E-state index is 0.0343. The molecule has 0 amide bonds. The Hall–Kier alpha value is -1.05. The van der Waals surface area contributed by atoms with Gasteiger partial charge in [0.25, 0.3) is 0 Å². The number of carbonyl (C=O) groups is 1. The smallest absolute Gasteiger partial charge is 0.330 e. The van der Waals surface area contributed by atoms with Gasteiger partial charge in [-0.25, -0.2) is 4.79 Å². The van der Waals surface area contributed by atoms with Gasteiger partial charge in [0.2, 0.25) is 0 Å². The summed E-state index contributed by atoms with van der Waals surface area (Å²) in [5, 5.41) is 0. The Bertz CT molecular complexity index is 192. The molecule has 2 nitrogen and oxygen atoms in total. The summed E-state index contributed by atoms with van der Waals surface area (Å²) in [4.78, 5) is 11.0. The number of esters is 1. The monoisotopic (exact) mass is 196 g/mol. The number of rotatable bonds is 7. The highest BCUT2D eigenvalue weighted by Gasteiger charge is 1.98. The van der Waals surface area contributed by atoms with Gasteiger partial charge in [0.15, 0.2) is 0 Å². The molecule has 0 aliphatic heterocycles. The van der Waals surface area contributed by atoms with Gasteiger partial charge in [0.05, 0.1) is 6.10 Å². The van der Waals surface area contributed by atoms with Crippen molar-refractivity contribution in [3.8, 4) is 0 Å². The lowest BCUT2D eigenvalue weighted by Crippen LogP contribution is -2.08. The molecule has 80 valence electrons. The van der Waals surface area contributed by atoms with E-state index in [1.165, 1.54) is 6.08 Å². The first-order chi connectivity index (χ1) is 6.66. The van der Waals surface area contributed by atoms with E-state index in [-0.39, 0.29) is 12.1 Å². The fourth-order valence-corrected chi connectivity index (χ4v) is 1.00. The molecule has 0 atom stereocenters. The quantitative estimate of drug-likeness (QED) is 0.270. The number of ether oxygens (including phenoxy) is 1. The first-order valence-corrected chi connectivity index (χ1v) is 5.15. The maximum atomic E-state index is 11.0. The van der Waals surface area contributed by atoms with Gasteiger partial charge < -0.3 is 4.74 Å². The van der Waals surface area contributed by atoms with E-state index in [9.17, 15) is 4.79 Å². The summed E-state index contributed by atoms with van der Waals surface area (Å²) in [6.45, 7) is 7.33. The molecular formula is C12H20O2. The van der Waals surface area contributed by atoms with Crippen LogP contribution in [-0.4, -0.2) is 12.1 Å². The van der Waals surface area contributed by atoms with Crippen LogP contribution in [0.3, 0.4) is 0 Å². The van der Waals surface area contributed by atoms with Crippen molar-refractivity contribution in [2.45, 2.75) is 45.6 Å². The molecule has 0 heterocycles. The number of hydrogen-bond acceptors (Lipinski definition) is 2. The summed E-state index contributed by atoms with van der Waals surface area (Å²) in [7, 11) is 0. The molecule has 0 aromatic heterocycles. The average Bonchev–Trinajstić information content (AvgIpc) is 2.10. The van der Waals surface area contributed by atoms with Gasteiger partial charge in [-0.3, -0.25) is 0 Å². The summed E-state index contributed by atoms with van der Waals surface area (Å²) in [5.41, 5.74) is 0. The average molecular weight is 196 g/mol. The summed E-state index contributed by atoms with van der Waals surface area (Å²) >= 11 is 0. The van der Waals surface area contributed by atoms with E-state index in [0.29, 0.717) is 0 Å². The van der Waals surface area contributed by atoms with E-state index in [4.69, 9.17) is 4.74 Å². The van der Waals surface area contributed by atoms with Crippen molar-refractivity contribution in [1.82, 2.24) is 0 Å². The van der Waals surface area contributed by atoms with Gasteiger partial charge in [-0.2, -0.15) is 0 Å². The fraction of sp³-hybridized carbons (Fsp3) is 0.583. The van der Waals surface area contributed by atoms with E-state index in [1.807, 2.05) is 26.0 Å². The van der Waals surface area contributed by atoms with Crippen LogP contribution in [0, 0.1) is 0 Å². The molecule has 0 saturated heterocycles. The zero-order chi connectivity index (χ0) is 10.8. The first kappa shape index (κ1) is 12.9. The number of carbonyl (C=O) groups excluding carboxylic acids is 1. The molecule has 0 N–H and O–H groups in total. The summed E-state index contributed by atoms with van der Waals surface area (Å²) in [6, 6.07) is 0. The highest BCUT2D eigenvalue weighted by molar-refractivity contribution is 5.81. The van der Waals surface area contributed by atoms with Crippen LogP contribution >= 0.6 is 0 Å². The van der Waals surface area contributed by atoms with Crippen molar-refractivity contribution < 1.29 is 9.53 Å². The van der Waals surface area contributed by atoms with Crippen LogP contribution in [0.1, 0.15) is 39.5 Å². The van der Waals surface area contributed by atoms with Crippen molar-refractivity contribution in [2.75, 3.05) is 0 Å². The Morgan fingerprint density at radius 3 is 2.57 bits per heavy atom. The SMILES string of the molecule is C=CCCCC/C=C/C(=O)OC(C)C. The largest absolute Gasteiger partial charge is 0.460 e. The normalized spacial score (nSPS) is 10.8. The fourth-order valence-electron chi connectivity index (χ4n) is 1.00. The topological polar surface area (TPSA) is 26.3 Å². The lowest BCUT2D eigenvalue weighted by Gasteiger charge is -2.03. The maximum Gasteiger partial charge on any atom is 0.330 e. The van der Waals surface area contributed by atoms with E-state index in [2.05, 4.69) is 6.58 Å². The van der Waals surface area contributed by atoms with E-state index in [0.717, 1.165) is 25.7 Å². The Morgan fingerprint density at radius 1 is 1.36 bits per heavy atom. The standard InChI is InChI=1S/C12H20O2/c1-4-5-6-7-8-9-10-12(13)14-11(2)3/h4,9-11H,1,5-8H2,2-3H3/b10-9+. The van der Waals surface area contributed by atoms with Gasteiger partial charge in [-0.15, -0.1) is 6.58 Å². The lowest BCUT2D eigenvalue weighted by molar-refractivity contribution is -0.141. The second kappa shape index (κ2) is 8.54. The molecule has 0 spiro atoms. The lowest BCUT2D eigenvalue weighted by atomic mass is 10.2. The third-order valence-corrected chi connectivity index (χ3v) is 1.63. The van der Waals surface area contributed by atoms with Crippen molar-refractivity contribution >= 4 is 5.97 Å². The predicted octanol–water partition coefficient (Wildman–Crippen LogP) is 3.24. The summed E-state index contributed by atoms with van der Waals surface area (Å²) in [6.07, 6.45) is 9.46. The maximum absolute atomic E-state index is 11.0. The Balaban J connectivity index is 3.42. The predicted molar refractivity (Wildman–Crippen MR) is 59.0 cm³/mol. The molecule has 0 unspecified atom stereocenters. The van der Waals surface area contributed by atoms with Crippen LogP contribution in [-0.2, 0) is 9.53 Å². The van der Waals surface area contributed by atoms with Crippen molar-refractivity contribution in [1.29, 1.82) is 0 Å². The van der Waals surface area contributed by atoms with Gasteiger partial charge in [-0.1, -0.05) is 12.2 Å². The Morgan fingerprint density at radius 2 is 2.00 bits per heavy atom. The summed E-state index contributed by atoms with van der Waals surface area (Å²) < 4.78 is 4.94. The molecule has 0 bridgehead atoms. The highest BCUT2D eigenvalue weighted by atomic mass is 16.5. The molecule has 0 rings (SSSR count). The van der Waals surface area contributed by atoms with Crippen LogP contribution in [0.5, 0.6) is 0 Å². The van der Waals surface area contributed by atoms with Crippen LogP contribution in [0.15, 0.2) is 24.8 Å². The molecule has 2 heteroatoms. The van der Waals surface area contributed by atoms with Crippen molar-refractivity contribution in [3.05, 3.63) is 24.8 Å². The molecular weight excluding hydrogens is 176 g/mol. The van der Waals surface area contributed by atoms with Gasteiger partial charge in [0.1, 0.15) is 0 Å². The number of allylic oxidation sites excluding steroid dienone is 2. The molecule has 0 aliphatic rings. The van der Waals surface area contributed by atoms with Gasteiger partial charge in [0, 0.05) is 6.08 Å². The van der Waals surface area contributed by atoms with Crippen LogP contribution in [0.2, 0.25) is 0 Å². The first-order valence-electron chi connectivity index (χ1n) is 5.15. The van der Waals surface area contributed by atoms with E-state index in [1.54, 1.807) is 0 Å². The molecule has 14 heavy (non-hydrogen) atoms. The number of unbranched alkanes of at least 4 members (excludes halogenated alkanes) is 3. The number of hydrogen-bond donors (Lipinski definition) is 0. The van der Waals surface area contributed by atoms with Crippen LogP contribution in [0.4, 0.5) is 0 Å². The second-order valence-electron chi connectivity index (χ2n) is 3.46. The van der Waals surface area contributed by atoms with E-state index >= 15 is 0 Å². The van der Waals surface area contributed by atoms with Gasteiger partial charge >= 0.3 is 5.97 Å². The zero-order valence-electron chi connectivity index (χ0n) is 9.16. The van der Waals surface area contributed by atoms with Crippen molar-refractivity contribution in [3.63, 3.8) is 0 Å². The Kier molecular flexibility index (Phi) is 7.90. The molecule has 0 saturated carbocycles. The Labute approximate surface area is 86.6 Å². The highest BCUT2D eigenvalue weighted by Crippen LogP contribution is 2.01. The molecule has 0 radical (unpaired) electrons. The molecule has 0 aromatic rings. The summed E-state index contributed by atoms with van der Waals surface area (Å²) in [5.74, 6) is -0.247. The minimum atomic E-state index is -0.247. The zero-order valence-corrected chi connectivity index (χ0v) is 9.16. The third-order valence-electron chi connectivity index (χ3n) is 1.63. The second-order valence-corrected chi connectivity index (χ2v) is 3.46. The molecule has 0 aliphatic carbocycles.